The average Bonchev–Trinajstić information content (AvgIpc) is 1.93. The number of carbonyl (C=O) groups is 1. The van der Waals surface area contributed by atoms with Crippen molar-refractivity contribution in [2.24, 2.45) is 0 Å². The lowest BCUT2D eigenvalue weighted by Gasteiger charge is -2.48. The molecule has 3 fully saturated rings. The topological polar surface area (TPSA) is 307 Å². The molecule has 0 aliphatic carbocycles. The summed E-state index contributed by atoms with van der Waals surface area (Å²) in [6, 6.07) is -0.894. The second-order valence-electron chi connectivity index (χ2n) is 25.3. The molecule has 19 heteroatoms. The molecule has 3 heterocycles. The second kappa shape index (κ2) is 52.1. The van der Waals surface area contributed by atoms with Crippen molar-refractivity contribution in [1.82, 2.24) is 5.32 Å². The maximum Gasteiger partial charge on any atom is 0.220 e. The van der Waals surface area contributed by atoms with Crippen LogP contribution in [0.1, 0.15) is 258 Å². The van der Waals surface area contributed by atoms with Gasteiger partial charge in [-0.25, -0.2) is 0 Å². The van der Waals surface area contributed by atoms with Gasteiger partial charge in [-0.1, -0.05) is 249 Å². The molecule has 0 aromatic carbocycles. The molecule has 3 saturated heterocycles. The van der Waals surface area contributed by atoms with Crippen LogP contribution in [0.2, 0.25) is 0 Å². The monoisotopic (exact) mass is 1270 g/mol. The zero-order valence-corrected chi connectivity index (χ0v) is 54.9. The number of amides is 1. The van der Waals surface area contributed by atoms with E-state index in [1.807, 2.05) is 0 Å². The lowest BCUT2D eigenvalue weighted by Crippen LogP contribution is -2.66. The van der Waals surface area contributed by atoms with Crippen LogP contribution in [-0.4, -0.2) is 193 Å². The molecular weight excluding hydrogens is 1140 g/mol. The summed E-state index contributed by atoms with van der Waals surface area (Å²) < 4.78 is 34.4. The van der Waals surface area contributed by atoms with E-state index >= 15 is 0 Å². The van der Waals surface area contributed by atoms with Crippen molar-refractivity contribution < 1.29 is 89.4 Å². The van der Waals surface area contributed by atoms with Crippen LogP contribution in [0.25, 0.3) is 0 Å². The minimum Gasteiger partial charge on any atom is -0.394 e. The Kier molecular flexibility index (Phi) is 47.4. The van der Waals surface area contributed by atoms with E-state index in [-0.39, 0.29) is 18.9 Å². The minimum atomic E-state index is -1.97. The Balaban J connectivity index is 1.43. The summed E-state index contributed by atoms with van der Waals surface area (Å²) in [6.45, 7) is 1.70. The molecule has 0 aromatic heterocycles. The number of carbonyl (C=O) groups excluding carboxylic acids is 1. The molecular formula is C70H127NO18. The van der Waals surface area contributed by atoms with Crippen molar-refractivity contribution in [3.63, 3.8) is 0 Å². The smallest absolute Gasteiger partial charge is 0.220 e. The molecule has 3 rings (SSSR count). The van der Waals surface area contributed by atoms with Crippen molar-refractivity contribution in [2.75, 3.05) is 26.4 Å². The maximum atomic E-state index is 13.4. The van der Waals surface area contributed by atoms with Gasteiger partial charge in [0.2, 0.25) is 5.91 Å². The van der Waals surface area contributed by atoms with Crippen molar-refractivity contribution in [1.29, 1.82) is 0 Å². The molecule has 0 bridgehead atoms. The predicted molar refractivity (Wildman–Crippen MR) is 346 cm³/mol. The van der Waals surface area contributed by atoms with Gasteiger partial charge in [0.25, 0.3) is 0 Å². The SMILES string of the molecule is CC/C=C\C/C=C\C/C=C\C/C=C\CCCCCCCCCCC(=O)NC(COC1OC(CO)C(OC2OC(CO)C(OC3OC(CO)C(O)C(O)C3O)C(O)C2O)C(O)C1O)C(O)CCCCCCCCCCCCCCCCCCCCCCCCC. The number of hydrogen-bond donors (Lipinski definition) is 12. The molecule has 0 spiro atoms. The average molecular weight is 1270 g/mol. The first-order chi connectivity index (χ1) is 43.3. The van der Waals surface area contributed by atoms with Crippen molar-refractivity contribution in [3.8, 4) is 0 Å². The highest BCUT2D eigenvalue weighted by atomic mass is 16.8. The summed E-state index contributed by atoms with van der Waals surface area (Å²) in [4.78, 5) is 13.4. The van der Waals surface area contributed by atoms with Crippen LogP contribution in [0.3, 0.4) is 0 Å². The van der Waals surface area contributed by atoms with Crippen LogP contribution in [-0.2, 0) is 33.2 Å². The Morgan fingerprint density at radius 3 is 1.21 bits per heavy atom. The lowest BCUT2D eigenvalue weighted by molar-refractivity contribution is -0.379. The van der Waals surface area contributed by atoms with Crippen LogP contribution < -0.4 is 5.32 Å². The highest BCUT2D eigenvalue weighted by molar-refractivity contribution is 5.76. The predicted octanol–water partition coefficient (Wildman–Crippen LogP) is 9.39. The molecule has 3 aliphatic rings. The largest absolute Gasteiger partial charge is 0.394 e. The van der Waals surface area contributed by atoms with E-state index in [1.165, 1.54) is 141 Å². The second-order valence-corrected chi connectivity index (χ2v) is 25.3. The Morgan fingerprint density at radius 1 is 0.416 bits per heavy atom. The number of nitrogens with one attached hydrogen (secondary N) is 1. The maximum absolute atomic E-state index is 13.4. The van der Waals surface area contributed by atoms with Crippen LogP contribution in [0.15, 0.2) is 48.6 Å². The van der Waals surface area contributed by atoms with Gasteiger partial charge in [0.15, 0.2) is 18.9 Å². The molecule has 0 aromatic rings. The third-order valence-electron chi connectivity index (χ3n) is 17.7. The first-order valence-corrected chi connectivity index (χ1v) is 35.4. The van der Waals surface area contributed by atoms with Gasteiger partial charge in [-0.2, -0.15) is 0 Å². The lowest BCUT2D eigenvalue weighted by atomic mass is 9.96. The highest BCUT2D eigenvalue weighted by Crippen LogP contribution is 2.33. The third kappa shape index (κ3) is 34.1. The number of ether oxygens (including phenoxy) is 6. The standard InChI is InChI=1S/C70H127NO18/c1-3-5-7-9-11-13-15-17-19-21-23-25-26-28-29-31-33-35-37-39-41-43-45-47-54(75)53(71-58(76)48-46-44-42-40-38-36-34-32-30-27-24-22-20-18-16-14-12-10-8-6-4-2)52-84-68-64(82)61(79)66(56(50-73)86-68)89-70-65(83)62(80)67(57(51-74)87-70)88-69-63(81)60(78)59(77)55(49-72)85-69/h6,8,12,14,18,20,24,27,53-57,59-70,72-75,77-83H,3-5,7,9-11,13,15-17,19,21-23,25-26,28-52H2,1-2H3,(H,71,76)/b8-6-,14-12-,20-18-,27-24-. The summed E-state index contributed by atoms with van der Waals surface area (Å²) in [5, 5.41) is 121. The minimum absolute atomic E-state index is 0.250. The fraction of sp³-hybridized carbons (Fsp3) is 0.871. The molecule has 520 valence electrons. The molecule has 1 amide bonds. The number of aliphatic hydroxyl groups is 11. The van der Waals surface area contributed by atoms with E-state index in [1.54, 1.807) is 0 Å². The first-order valence-electron chi connectivity index (χ1n) is 35.4. The van der Waals surface area contributed by atoms with E-state index in [0.29, 0.717) is 12.8 Å². The summed E-state index contributed by atoms with van der Waals surface area (Å²) in [5.74, 6) is -0.250. The van der Waals surface area contributed by atoms with Gasteiger partial charge in [-0.3, -0.25) is 4.79 Å². The molecule has 19 nitrogen and oxygen atoms in total. The molecule has 12 N–H and O–H groups in total. The van der Waals surface area contributed by atoms with Gasteiger partial charge in [-0.15, -0.1) is 0 Å². The van der Waals surface area contributed by atoms with Gasteiger partial charge >= 0.3 is 0 Å². The number of aliphatic hydroxyl groups excluding tert-OH is 11. The Bertz CT molecular complexity index is 1800. The zero-order chi connectivity index (χ0) is 64.7. The van der Waals surface area contributed by atoms with Gasteiger partial charge in [0.1, 0.15) is 73.2 Å². The molecule has 0 radical (unpaired) electrons. The van der Waals surface area contributed by atoms with E-state index in [2.05, 4.69) is 67.8 Å². The number of rotatable bonds is 54. The highest BCUT2D eigenvalue weighted by Gasteiger charge is 2.53. The van der Waals surface area contributed by atoms with Crippen molar-refractivity contribution >= 4 is 5.91 Å². The third-order valence-corrected chi connectivity index (χ3v) is 17.7. The Morgan fingerprint density at radius 2 is 0.775 bits per heavy atom. The van der Waals surface area contributed by atoms with E-state index in [0.717, 1.165) is 83.5 Å². The Hall–Kier alpha value is -2.25. The Labute approximate surface area is 535 Å². The zero-order valence-electron chi connectivity index (χ0n) is 54.9. The number of allylic oxidation sites excluding steroid dienone is 8. The van der Waals surface area contributed by atoms with Gasteiger partial charge in [-0.05, 0) is 51.4 Å². The molecule has 89 heavy (non-hydrogen) atoms. The molecule has 17 atom stereocenters. The van der Waals surface area contributed by atoms with Gasteiger partial charge < -0.3 is 89.9 Å². The molecule has 3 aliphatic heterocycles. The van der Waals surface area contributed by atoms with Crippen LogP contribution in [0.4, 0.5) is 0 Å². The molecule has 17 unspecified atom stereocenters. The first kappa shape index (κ1) is 81.0. The summed E-state index contributed by atoms with van der Waals surface area (Å²) in [7, 11) is 0. The van der Waals surface area contributed by atoms with Crippen molar-refractivity contribution in [2.45, 2.75) is 362 Å². The summed E-state index contributed by atoms with van der Waals surface area (Å²) in [6.07, 6.45) is 34.7. The van der Waals surface area contributed by atoms with Crippen LogP contribution >= 0.6 is 0 Å². The van der Waals surface area contributed by atoms with Gasteiger partial charge in [0, 0.05) is 6.42 Å². The van der Waals surface area contributed by atoms with Gasteiger partial charge in [0.05, 0.1) is 38.6 Å². The quantitative estimate of drug-likeness (QED) is 0.0199. The van der Waals surface area contributed by atoms with E-state index in [4.69, 9.17) is 28.4 Å². The normalized spacial score (nSPS) is 28.5. The summed E-state index contributed by atoms with van der Waals surface area (Å²) in [5.41, 5.74) is 0. The fourth-order valence-corrected chi connectivity index (χ4v) is 12.0. The fourth-order valence-electron chi connectivity index (χ4n) is 12.0. The van der Waals surface area contributed by atoms with E-state index < -0.39 is 124 Å². The summed E-state index contributed by atoms with van der Waals surface area (Å²) >= 11 is 0. The van der Waals surface area contributed by atoms with E-state index in [9.17, 15) is 61.0 Å². The van der Waals surface area contributed by atoms with Crippen molar-refractivity contribution in [3.05, 3.63) is 48.6 Å². The van der Waals surface area contributed by atoms with Crippen LogP contribution in [0.5, 0.6) is 0 Å². The van der Waals surface area contributed by atoms with Crippen LogP contribution in [0, 0.1) is 0 Å². The number of unbranched alkanes of at least 4 members (excludes halogenated alkanes) is 30. The number of hydrogen-bond acceptors (Lipinski definition) is 18. The molecule has 0 saturated carbocycles.